The third-order valence-corrected chi connectivity index (χ3v) is 9.57. The summed E-state index contributed by atoms with van der Waals surface area (Å²) in [5.74, 6) is 0.838. The van der Waals surface area contributed by atoms with Crippen LogP contribution in [0.15, 0.2) is 68.7 Å². The molecule has 0 atom stereocenters. The molecule has 0 aliphatic carbocycles. The van der Waals surface area contributed by atoms with E-state index in [4.69, 9.17) is 20.3 Å². The van der Waals surface area contributed by atoms with Crippen molar-refractivity contribution in [1.82, 2.24) is 24.4 Å². The molecule has 20 heteroatoms. The molecule has 2 aromatic heterocycles. The minimum atomic E-state index is -1.22. The number of nitrogens with one attached hydrogen (secondary N) is 3. The highest BCUT2D eigenvalue weighted by Crippen LogP contribution is 2.29. The maximum atomic E-state index is 12.3. The fourth-order valence-corrected chi connectivity index (χ4v) is 6.94. The average molecular weight is 771 g/mol. The van der Waals surface area contributed by atoms with E-state index >= 15 is 0 Å². The summed E-state index contributed by atoms with van der Waals surface area (Å²) >= 11 is 2.96. The van der Waals surface area contributed by atoms with Gasteiger partial charge in [0.25, 0.3) is 28.8 Å². The average Bonchev–Trinajstić information content (AvgIpc) is 3.82. The van der Waals surface area contributed by atoms with Crippen LogP contribution in [0.25, 0.3) is 0 Å². The molecule has 0 spiro atoms. The molecule has 0 saturated heterocycles. The van der Waals surface area contributed by atoms with Gasteiger partial charge < -0.3 is 36.3 Å². The van der Waals surface area contributed by atoms with Gasteiger partial charge in [0.1, 0.15) is 22.6 Å². The van der Waals surface area contributed by atoms with Crippen LogP contribution < -0.4 is 42.3 Å². The molecule has 0 radical (unpaired) electrons. The number of hydrogen-bond acceptors (Lipinski definition) is 13. The Morgan fingerprint density at radius 1 is 0.808 bits per heavy atom. The summed E-state index contributed by atoms with van der Waals surface area (Å²) in [4.78, 5) is 77.0. The van der Waals surface area contributed by atoms with E-state index in [0.717, 1.165) is 28.8 Å². The predicted molar refractivity (Wildman–Crippen MR) is 193 cm³/mol. The number of aromatic nitrogens is 4. The van der Waals surface area contributed by atoms with Crippen LogP contribution in [0.3, 0.4) is 0 Å². The van der Waals surface area contributed by atoms with Crippen molar-refractivity contribution in [2.45, 2.75) is 36.5 Å². The summed E-state index contributed by atoms with van der Waals surface area (Å²) in [5, 5.41) is 18.0. The molecule has 3 amide bonds. The molecular weight excluding hydrogens is 740 g/mol. The van der Waals surface area contributed by atoms with Crippen molar-refractivity contribution in [3.8, 4) is 11.5 Å². The van der Waals surface area contributed by atoms with Crippen molar-refractivity contribution in [3.63, 3.8) is 0 Å². The van der Waals surface area contributed by atoms with E-state index in [1.54, 1.807) is 18.2 Å². The van der Waals surface area contributed by atoms with Gasteiger partial charge >= 0.3 is 5.97 Å². The molecule has 0 bridgehead atoms. The first kappa shape index (κ1) is 37.9. The Morgan fingerprint density at radius 2 is 1.31 bits per heavy atom. The van der Waals surface area contributed by atoms with E-state index < -0.39 is 17.4 Å². The van der Waals surface area contributed by atoms with Gasteiger partial charge in [-0.3, -0.25) is 33.1 Å². The number of carbonyl (C=O) groups is 4. The number of amides is 3. The van der Waals surface area contributed by atoms with Crippen molar-refractivity contribution >= 4 is 71.0 Å². The summed E-state index contributed by atoms with van der Waals surface area (Å²) < 4.78 is 13.4. The van der Waals surface area contributed by atoms with Crippen molar-refractivity contribution in [2.24, 2.45) is 5.73 Å². The molecule has 0 unspecified atom stereocenters. The van der Waals surface area contributed by atoms with Gasteiger partial charge in [-0.25, -0.2) is 14.8 Å². The number of carboxylic acid groups (broad SMARTS) is 1. The Kier molecular flexibility index (Phi) is 12.2. The molecular formula is C32H31ClN8O9S2. The molecule has 4 aromatic rings. The van der Waals surface area contributed by atoms with Gasteiger partial charge in [0.2, 0.25) is 0 Å². The van der Waals surface area contributed by atoms with E-state index in [0.29, 0.717) is 52.8 Å². The Morgan fingerprint density at radius 3 is 1.85 bits per heavy atom. The summed E-state index contributed by atoms with van der Waals surface area (Å²) in [7, 11) is 0. The lowest BCUT2D eigenvalue weighted by atomic mass is 10.1. The van der Waals surface area contributed by atoms with E-state index in [9.17, 15) is 28.8 Å². The Hall–Kier alpha value is -5.37. The fraction of sp³-hybridized carbons (Fsp3) is 0.250. The number of halogens is 1. The number of anilines is 2. The zero-order valence-electron chi connectivity index (χ0n) is 27.1. The highest BCUT2D eigenvalue weighted by atomic mass is 35.5. The number of carbonyl (C=O) groups excluding carboxylic acids is 3. The topological polar surface area (TPSA) is 239 Å². The lowest BCUT2D eigenvalue weighted by molar-refractivity contribution is -0.119. The van der Waals surface area contributed by atoms with Crippen LogP contribution in [0.4, 0.5) is 11.4 Å². The minimum absolute atomic E-state index is 0. The molecule has 272 valence electrons. The highest BCUT2D eigenvalue weighted by Gasteiger charge is 2.22. The lowest BCUT2D eigenvalue weighted by Crippen LogP contribution is -2.33. The van der Waals surface area contributed by atoms with Gasteiger partial charge in [-0.05, 0) is 35.4 Å². The first-order valence-electron chi connectivity index (χ1n) is 15.4. The Labute approximate surface area is 309 Å². The van der Waals surface area contributed by atoms with Crippen LogP contribution in [-0.4, -0.2) is 72.6 Å². The number of fused-ring (bicyclic) bond motifs is 4. The van der Waals surface area contributed by atoms with E-state index in [2.05, 4.69) is 25.9 Å². The third-order valence-electron chi connectivity index (χ3n) is 7.63. The largest absolute Gasteiger partial charge is 0.482 e. The number of hydrogen-bond donors (Lipinski definition) is 5. The van der Waals surface area contributed by atoms with Gasteiger partial charge in [0.05, 0.1) is 11.4 Å². The summed E-state index contributed by atoms with van der Waals surface area (Å²) in [5.41, 5.74) is 7.49. The van der Waals surface area contributed by atoms with Crippen LogP contribution in [-0.2, 0) is 35.8 Å². The number of nitrogens with zero attached hydrogens (tertiary/aromatic N) is 4. The first-order chi connectivity index (χ1) is 24.6. The molecule has 17 nitrogen and oxygen atoms in total. The predicted octanol–water partition coefficient (Wildman–Crippen LogP) is 1.56. The Balaban J connectivity index is 0.000000164. The number of nitrogens with two attached hydrogens (primary N) is 1. The van der Waals surface area contributed by atoms with Gasteiger partial charge in [-0.1, -0.05) is 35.7 Å². The number of benzene rings is 2. The van der Waals surface area contributed by atoms with Crippen molar-refractivity contribution in [1.29, 1.82) is 0 Å². The highest BCUT2D eigenvalue weighted by molar-refractivity contribution is 7.99. The van der Waals surface area contributed by atoms with Crippen molar-refractivity contribution in [3.05, 3.63) is 91.8 Å². The maximum absolute atomic E-state index is 12.3. The molecule has 6 N–H and O–H groups in total. The smallest absolute Gasteiger partial charge is 0.342 e. The summed E-state index contributed by atoms with van der Waals surface area (Å²) in [6.07, 6.45) is 2.44. The molecule has 4 aliphatic heterocycles. The van der Waals surface area contributed by atoms with Crippen LogP contribution >= 0.6 is 35.9 Å². The van der Waals surface area contributed by atoms with Crippen LogP contribution in [0.2, 0.25) is 0 Å². The number of thioether (sulfide) groups is 2. The maximum Gasteiger partial charge on any atom is 0.342 e. The van der Waals surface area contributed by atoms with Crippen molar-refractivity contribution in [2.75, 3.05) is 35.4 Å². The normalized spacial score (nSPS) is 14.3. The number of rotatable bonds is 5. The molecule has 4 aliphatic rings. The summed E-state index contributed by atoms with van der Waals surface area (Å²) in [6.45, 7) is 1.89. The molecule has 0 fully saturated rings. The first-order valence-corrected chi connectivity index (χ1v) is 17.4. The molecule has 8 rings (SSSR count). The van der Waals surface area contributed by atoms with E-state index in [1.165, 1.54) is 38.9 Å². The Bertz CT molecular complexity index is 2180. The standard InChI is InChI=1S/C16H14N4O4S.C9H10N2O2.C7H6N2O3S.ClH/c21-13-8-24-12-2-1-9(5-11(12)19-13)6-17-14(22)10-7-18-16-20(15(10)23)3-4-25-16;10-4-6-1-2-8-7(3-6)11-9(12)5-13-8;10-5-4(6(11)12)3-8-7-9(5)1-2-13-7;/h1-2,5,7H,3-4,6,8H2,(H,17,22)(H,19,21);1-3H,4-5,10H2,(H,11,12);3H,1-2H2,(H,11,12);1H. The third kappa shape index (κ3) is 8.56. The molecule has 0 saturated carbocycles. The second-order valence-corrected chi connectivity index (χ2v) is 13.2. The van der Waals surface area contributed by atoms with Crippen LogP contribution in [0.5, 0.6) is 11.5 Å². The molecule has 52 heavy (non-hydrogen) atoms. The van der Waals surface area contributed by atoms with E-state index in [1.807, 2.05) is 18.2 Å². The molecule has 2 aromatic carbocycles. The second kappa shape index (κ2) is 16.8. The molecule has 6 heterocycles. The van der Waals surface area contributed by atoms with Gasteiger partial charge in [-0.2, -0.15) is 0 Å². The SMILES string of the molecule is Cl.NCc1ccc2c(c1)NC(=O)CO2.O=C(O)c1cnc2n(c1=O)CCS2.O=C1COc2ccc(CNC(=O)c3cnc4n(c3=O)CCS4)cc2N1. The lowest BCUT2D eigenvalue weighted by Gasteiger charge is -2.18. The fourth-order valence-electron chi connectivity index (χ4n) is 5.11. The quantitative estimate of drug-likeness (QED) is 0.181. The van der Waals surface area contributed by atoms with Crippen molar-refractivity contribution < 1.29 is 33.8 Å². The summed E-state index contributed by atoms with van der Waals surface area (Å²) in [6, 6.07) is 10.8. The van der Waals surface area contributed by atoms with E-state index in [-0.39, 0.29) is 60.7 Å². The zero-order chi connectivity index (χ0) is 36.1. The minimum Gasteiger partial charge on any atom is -0.482 e. The van der Waals surface area contributed by atoms with Crippen LogP contribution in [0.1, 0.15) is 31.8 Å². The van der Waals surface area contributed by atoms with Gasteiger partial charge in [-0.15, -0.1) is 12.4 Å². The number of ether oxygens (including phenoxy) is 2. The second-order valence-electron chi connectivity index (χ2n) is 11.0. The zero-order valence-corrected chi connectivity index (χ0v) is 29.5. The number of aromatic carboxylic acids is 1. The van der Waals surface area contributed by atoms with Gasteiger partial charge in [0.15, 0.2) is 23.5 Å². The monoisotopic (exact) mass is 770 g/mol. The number of carboxylic acids is 1. The van der Waals surface area contributed by atoms with Crippen LogP contribution in [0, 0.1) is 0 Å². The van der Waals surface area contributed by atoms with Gasteiger partial charge in [0, 0.05) is 50.1 Å².